The number of phenols is 1. The van der Waals surface area contributed by atoms with Crippen molar-refractivity contribution in [1.29, 1.82) is 0 Å². The van der Waals surface area contributed by atoms with Gasteiger partial charge in [0.05, 0.1) is 50.0 Å². The fraction of sp³-hybridized carbons (Fsp3) is 0.179. The van der Waals surface area contributed by atoms with Gasteiger partial charge in [-0.2, -0.15) is 0 Å². The van der Waals surface area contributed by atoms with E-state index < -0.39 is 29.5 Å². The first-order chi connectivity index (χ1) is 18.2. The largest absolute Gasteiger partial charge is 0.508 e. The van der Waals surface area contributed by atoms with Crippen molar-refractivity contribution in [3.63, 3.8) is 0 Å². The lowest BCUT2D eigenvalue weighted by atomic mass is 9.94. The van der Waals surface area contributed by atoms with Gasteiger partial charge in [-0.25, -0.2) is 0 Å². The zero-order valence-corrected chi connectivity index (χ0v) is 21.5. The molecule has 1 amide bonds. The number of aliphatic hydroxyl groups is 1. The highest BCUT2D eigenvalue weighted by Gasteiger charge is 2.47. The van der Waals surface area contributed by atoms with Crippen molar-refractivity contribution in [1.82, 2.24) is 0 Å². The molecule has 38 heavy (non-hydrogen) atoms. The standard InChI is InChI=1S/C28H24ClNO8/c1-36-21-14-22(37-2)20(29)13-19(21)26(33)24-25(16-5-4-6-18(31)12-16)30(28(35)27(24)34)17-9-7-15(8-10-17)11-23(32)38-3/h4-10,12-14,25,31,33H,11H2,1-3H3/b26-24+. The maximum Gasteiger partial charge on any atom is 0.309 e. The summed E-state index contributed by atoms with van der Waals surface area (Å²) in [7, 11) is 4.08. The van der Waals surface area contributed by atoms with Crippen LogP contribution in [0.4, 0.5) is 5.69 Å². The highest BCUT2D eigenvalue weighted by molar-refractivity contribution is 6.51. The number of anilines is 1. The van der Waals surface area contributed by atoms with Crippen molar-refractivity contribution < 1.29 is 38.8 Å². The number of aromatic hydroxyl groups is 1. The third-order valence-electron chi connectivity index (χ3n) is 6.15. The second kappa shape index (κ2) is 10.9. The number of methoxy groups -OCH3 is 3. The highest BCUT2D eigenvalue weighted by Crippen LogP contribution is 2.45. The van der Waals surface area contributed by atoms with E-state index in [4.69, 9.17) is 25.8 Å². The van der Waals surface area contributed by atoms with Crippen LogP contribution in [0.25, 0.3) is 5.76 Å². The van der Waals surface area contributed by atoms with E-state index in [2.05, 4.69) is 0 Å². The quantitative estimate of drug-likeness (QED) is 0.197. The lowest BCUT2D eigenvalue weighted by Gasteiger charge is -2.26. The summed E-state index contributed by atoms with van der Waals surface area (Å²) in [5.74, 6) is -2.41. The number of amides is 1. The number of phenolic OH excluding ortho intramolecular Hbond substituents is 1. The number of esters is 1. The molecule has 1 aliphatic heterocycles. The van der Waals surface area contributed by atoms with Crippen molar-refractivity contribution in [2.75, 3.05) is 26.2 Å². The molecule has 1 aliphatic rings. The first-order valence-electron chi connectivity index (χ1n) is 11.4. The Hall–Kier alpha value is -4.50. The number of ether oxygens (including phenoxy) is 3. The number of Topliss-reactive ketones (excluding diaryl/α,β-unsaturated/α-hetero) is 1. The normalized spacial score (nSPS) is 16.4. The van der Waals surface area contributed by atoms with Crippen LogP contribution in [0.2, 0.25) is 5.02 Å². The van der Waals surface area contributed by atoms with Crippen molar-refractivity contribution in [3.8, 4) is 17.2 Å². The van der Waals surface area contributed by atoms with E-state index in [0.29, 0.717) is 16.8 Å². The number of halogens is 1. The number of ketones is 1. The van der Waals surface area contributed by atoms with Gasteiger partial charge in [-0.15, -0.1) is 0 Å². The molecule has 10 heteroatoms. The molecule has 0 bridgehead atoms. The van der Waals surface area contributed by atoms with Gasteiger partial charge >= 0.3 is 5.97 Å². The van der Waals surface area contributed by atoms with Crippen molar-refractivity contribution in [2.45, 2.75) is 12.5 Å². The minimum absolute atomic E-state index is 0.0314. The molecule has 3 aromatic carbocycles. The third kappa shape index (κ3) is 4.88. The second-order valence-corrected chi connectivity index (χ2v) is 8.78. The summed E-state index contributed by atoms with van der Waals surface area (Å²) in [6, 6.07) is 14.2. The summed E-state index contributed by atoms with van der Waals surface area (Å²) >= 11 is 6.29. The fourth-order valence-corrected chi connectivity index (χ4v) is 4.55. The average molecular weight is 538 g/mol. The predicted molar refractivity (Wildman–Crippen MR) is 140 cm³/mol. The minimum atomic E-state index is -1.10. The van der Waals surface area contributed by atoms with Crippen molar-refractivity contribution in [2.24, 2.45) is 0 Å². The maximum atomic E-state index is 13.4. The van der Waals surface area contributed by atoms with E-state index in [9.17, 15) is 24.6 Å². The lowest BCUT2D eigenvalue weighted by molar-refractivity contribution is -0.139. The van der Waals surface area contributed by atoms with Gasteiger partial charge < -0.3 is 24.4 Å². The molecule has 0 aliphatic carbocycles. The summed E-state index contributed by atoms with van der Waals surface area (Å²) in [5, 5.41) is 21.7. The fourth-order valence-electron chi connectivity index (χ4n) is 4.31. The minimum Gasteiger partial charge on any atom is -0.508 e. The smallest absolute Gasteiger partial charge is 0.309 e. The van der Waals surface area contributed by atoms with Crippen LogP contribution in [0.5, 0.6) is 17.2 Å². The number of carbonyl (C=O) groups is 3. The topological polar surface area (TPSA) is 123 Å². The Bertz CT molecular complexity index is 1450. The Morgan fingerprint density at radius 2 is 1.66 bits per heavy atom. The Morgan fingerprint density at radius 3 is 2.26 bits per heavy atom. The van der Waals surface area contributed by atoms with Crippen LogP contribution >= 0.6 is 11.6 Å². The number of nitrogens with zero attached hydrogens (tertiary/aromatic N) is 1. The summed E-state index contributed by atoms with van der Waals surface area (Å²) in [4.78, 5) is 39.6. The first-order valence-corrected chi connectivity index (χ1v) is 11.8. The maximum absolute atomic E-state index is 13.4. The number of hydrogen-bond donors (Lipinski definition) is 2. The molecule has 2 N–H and O–H groups in total. The number of benzene rings is 3. The molecule has 1 fully saturated rings. The Kier molecular flexibility index (Phi) is 7.59. The van der Waals surface area contributed by atoms with Gasteiger partial charge in [0.25, 0.3) is 11.7 Å². The molecule has 4 rings (SSSR count). The van der Waals surface area contributed by atoms with E-state index in [1.165, 1.54) is 50.5 Å². The Balaban J connectivity index is 1.91. The highest BCUT2D eigenvalue weighted by atomic mass is 35.5. The molecular weight excluding hydrogens is 514 g/mol. The van der Waals surface area contributed by atoms with Crippen LogP contribution in [-0.2, 0) is 25.5 Å². The van der Waals surface area contributed by atoms with Gasteiger partial charge in [0, 0.05) is 11.8 Å². The summed E-state index contributed by atoms with van der Waals surface area (Å²) in [6.45, 7) is 0. The summed E-state index contributed by atoms with van der Waals surface area (Å²) < 4.78 is 15.3. The summed E-state index contributed by atoms with van der Waals surface area (Å²) in [6.07, 6.45) is 0.0314. The molecule has 196 valence electrons. The van der Waals surface area contributed by atoms with Gasteiger partial charge in [-0.05, 0) is 41.5 Å². The molecule has 0 aromatic heterocycles. The van der Waals surface area contributed by atoms with Crippen LogP contribution in [0, 0.1) is 0 Å². The molecule has 3 aromatic rings. The number of carbonyl (C=O) groups excluding carboxylic acids is 3. The lowest BCUT2D eigenvalue weighted by Crippen LogP contribution is -2.29. The third-order valence-corrected chi connectivity index (χ3v) is 6.45. The molecule has 9 nitrogen and oxygen atoms in total. The zero-order valence-electron chi connectivity index (χ0n) is 20.7. The molecular formula is C28H24ClNO8. The van der Waals surface area contributed by atoms with Crippen molar-refractivity contribution in [3.05, 3.63) is 87.9 Å². The van der Waals surface area contributed by atoms with Crippen LogP contribution in [-0.4, -0.2) is 49.2 Å². The van der Waals surface area contributed by atoms with Crippen LogP contribution < -0.4 is 14.4 Å². The van der Waals surface area contributed by atoms with Crippen LogP contribution in [0.15, 0.2) is 66.2 Å². The molecule has 0 radical (unpaired) electrons. The van der Waals surface area contributed by atoms with Crippen LogP contribution in [0.1, 0.15) is 22.7 Å². The Labute approximate surface area is 223 Å². The zero-order chi connectivity index (χ0) is 27.6. The van der Waals surface area contributed by atoms with E-state index in [0.717, 1.165) is 0 Å². The van der Waals surface area contributed by atoms with Gasteiger partial charge in [-0.3, -0.25) is 19.3 Å². The van der Waals surface area contributed by atoms with Gasteiger partial charge in [0.15, 0.2) is 0 Å². The predicted octanol–water partition coefficient (Wildman–Crippen LogP) is 4.40. The van der Waals surface area contributed by atoms with Crippen LogP contribution in [0.3, 0.4) is 0 Å². The molecule has 1 saturated heterocycles. The monoisotopic (exact) mass is 537 g/mol. The molecule has 1 heterocycles. The molecule has 1 atom stereocenters. The first kappa shape index (κ1) is 26.6. The van der Waals surface area contributed by atoms with Crippen molar-refractivity contribution >= 4 is 40.7 Å². The summed E-state index contributed by atoms with van der Waals surface area (Å²) in [5.41, 5.74) is 1.22. The SMILES string of the molecule is COC(=O)Cc1ccc(N2C(=O)C(=O)/C(=C(/O)c3cc(Cl)c(OC)cc3OC)C2c2cccc(O)c2)cc1. The molecule has 0 saturated carbocycles. The molecule has 0 spiro atoms. The number of hydrogen-bond acceptors (Lipinski definition) is 8. The van der Waals surface area contributed by atoms with Gasteiger partial charge in [0.1, 0.15) is 23.0 Å². The van der Waals surface area contributed by atoms with Gasteiger partial charge in [-0.1, -0.05) is 35.9 Å². The van der Waals surface area contributed by atoms with E-state index in [-0.39, 0.29) is 39.8 Å². The van der Waals surface area contributed by atoms with E-state index in [1.807, 2.05) is 0 Å². The second-order valence-electron chi connectivity index (χ2n) is 8.37. The Morgan fingerprint density at radius 1 is 0.974 bits per heavy atom. The van der Waals surface area contributed by atoms with Gasteiger partial charge in [0.2, 0.25) is 0 Å². The molecule has 1 unspecified atom stereocenters. The average Bonchev–Trinajstić information content (AvgIpc) is 3.18. The van der Waals surface area contributed by atoms with E-state index in [1.54, 1.807) is 36.4 Å². The number of rotatable bonds is 7. The number of aliphatic hydroxyl groups excluding tert-OH is 1. The van der Waals surface area contributed by atoms with E-state index >= 15 is 0 Å².